The fourth-order valence-electron chi connectivity index (χ4n) is 14.7. The van der Waals surface area contributed by atoms with Crippen LogP contribution < -0.4 is 9.80 Å². The summed E-state index contributed by atoms with van der Waals surface area (Å²) in [5, 5.41) is 4.74. The molecule has 0 saturated heterocycles. The second-order valence-corrected chi connectivity index (χ2v) is 25.3. The molecule has 0 amide bonds. The van der Waals surface area contributed by atoms with Crippen molar-refractivity contribution in [2.45, 2.75) is 19.3 Å². The van der Waals surface area contributed by atoms with E-state index in [2.05, 4.69) is 385 Å². The molecule has 97 heavy (non-hydrogen) atoms. The Morgan fingerprint density at radius 1 is 0.258 bits per heavy atom. The smallest absolute Gasteiger partial charge is 0.138 e. The minimum Gasteiger partial charge on any atom is -0.310 e. The van der Waals surface area contributed by atoms with E-state index in [1.807, 2.05) is 12.1 Å². The highest BCUT2D eigenvalue weighted by Crippen LogP contribution is 2.52. The number of rotatable bonds is 12. The maximum absolute atomic E-state index is 5.22. The van der Waals surface area contributed by atoms with E-state index in [0.29, 0.717) is 0 Å². The molecular weight excluding hydrogens is 1180 g/mol. The summed E-state index contributed by atoms with van der Waals surface area (Å²) in [4.78, 5) is 15.2. The number of nitrogens with zero attached hydrogens (tertiary/aromatic N) is 6. The first-order valence-electron chi connectivity index (χ1n) is 33.2. The quantitative estimate of drug-likeness (QED) is 0.122. The fraction of sp³-hybridized carbons (Fsp3) is 0.0330. The van der Waals surface area contributed by atoms with Crippen molar-refractivity contribution < 1.29 is 0 Å². The molecule has 1 aliphatic rings. The molecule has 0 fully saturated rings. The van der Waals surface area contributed by atoms with Crippen LogP contribution in [-0.2, 0) is 5.41 Å². The molecule has 0 N–H and O–H groups in total. The molecule has 4 aromatic heterocycles. The van der Waals surface area contributed by atoms with Crippen LogP contribution in [0, 0.1) is 0 Å². The number of hydrogen-bond acceptors (Lipinski definition) is 4. The van der Waals surface area contributed by atoms with Gasteiger partial charge in [0.25, 0.3) is 0 Å². The fourth-order valence-corrected chi connectivity index (χ4v) is 14.7. The second-order valence-electron chi connectivity index (χ2n) is 25.3. The van der Waals surface area contributed by atoms with Gasteiger partial charge >= 0.3 is 0 Å². The van der Waals surface area contributed by atoms with Crippen LogP contribution in [0.5, 0.6) is 0 Å². The van der Waals surface area contributed by atoms with Gasteiger partial charge < -0.3 is 9.80 Å². The number of anilines is 6. The second kappa shape index (κ2) is 24.7. The largest absolute Gasteiger partial charge is 0.310 e. The maximum atomic E-state index is 5.22. The molecule has 13 aromatic carbocycles. The molecule has 0 unspecified atom stereocenters. The molecule has 0 bridgehead atoms. The Kier molecular flexibility index (Phi) is 14.8. The first-order chi connectivity index (χ1) is 47.9. The van der Waals surface area contributed by atoms with Gasteiger partial charge in [-0.1, -0.05) is 263 Å². The molecule has 17 aromatic rings. The Hall–Kier alpha value is -12.6. The maximum Gasteiger partial charge on any atom is 0.138 e. The first-order valence-corrected chi connectivity index (χ1v) is 33.2. The Morgan fingerprint density at radius 3 is 1.12 bits per heavy atom. The lowest BCUT2D eigenvalue weighted by Gasteiger charge is -2.28. The minimum atomic E-state index is -0.0955. The van der Waals surface area contributed by atoms with E-state index in [-0.39, 0.29) is 5.41 Å². The monoisotopic (exact) mass is 1240 g/mol. The summed E-state index contributed by atoms with van der Waals surface area (Å²) < 4.78 is 4.62. The van der Waals surface area contributed by atoms with E-state index in [1.165, 1.54) is 66.1 Å². The van der Waals surface area contributed by atoms with Crippen LogP contribution in [0.3, 0.4) is 0 Å². The van der Waals surface area contributed by atoms with Crippen molar-refractivity contribution in [2.75, 3.05) is 9.80 Å². The molecule has 6 heteroatoms. The molecule has 0 spiro atoms. The van der Waals surface area contributed by atoms with Crippen LogP contribution in [0.15, 0.2) is 364 Å². The lowest BCUT2D eigenvalue weighted by molar-refractivity contribution is 0.660. The average molecular weight is 1240 g/mol. The summed E-state index contributed by atoms with van der Waals surface area (Å²) in [6.07, 6.45) is 0. The molecule has 0 aliphatic heterocycles. The summed E-state index contributed by atoms with van der Waals surface area (Å²) in [6, 6.07) is 130. The number of benzene rings is 13. The van der Waals surface area contributed by atoms with Gasteiger partial charge in [0.15, 0.2) is 0 Å². The van der Waals surface area contributed by atoms with Crippen LogP contribution in [0.1, 0.15) is 25.0 Å². The third-order valence-electron chi connectivity index (χ3n) is 19.1. The van der Waals surface area contributed by atoms with E-state index >= 15 is 0 Å². The molecule has 460 valence electrons. The van der Waals surface area contributed by atoms with Gasteiger partial charge in [0.05, 0.1) is 44.8 Å². The van der Waals surface area contributed by atoms with E-state index in [4.69, 9.17) is 9.97 Å². The summed E-state index contributed by atoms with van der Waals surface area (Å²) in [5.74, 6) is 1.79. The van der Waals surface area contributed by atoms with Gasteiger partial charge in [0, 0.05) is 60.8 Å². The number of para-hydroxylation sites is 4. The third kappa shape index (κ3) is 10.5. The highest BCUT2D eigenvalue weighted by molar-refractivity contribution is 6.18. The summed E-state index contributed by atoms with van der Waals surface area (Å²) in [6.45, 7) is 4.69. The molecule has 0 radical (unpaired) electrons. The van der Waals surface area contributed by atoms with Crippen LogP contribution in [0.4, 0.5) is 34.1 Å². The summed E-state index contributed by atoms with van der Waals surface area (Å²) >= 11 is 0. The van der Waals surface area contributed by atoms with Crippen LogP contribution in [-0.4, -0.2) is 19.1 Å². The van der Waals surface area contributed by atoms with E-state index < -0.39 is 0 Å². The van der Waals surface area contributed by atoms with E-state index in [1.54, 1.807) is 0 Å². The van der Waals surface area contributed by atoms with Gasteiger partial charge in [-0.2, -0.15) is 0 Å². The zero-order chi connectivity index (χ0) is 64.8. The van der Waals surface area contributed by atoms with E-state index in [0.717, 1.165) is 90.3 Å². The van der Waals surface area contributed by atoms with Gasteiger partial charge in [-0.15, -0.1) is 0 Å². The van der Waals surface area contributed by atoms with Crippen LogP contribution in [0.2, 0.25) is 0 Å². The Labute approximate surface area is 565 Å². The highest BCUT2D eigenvalue weighted by Gasteiger charge is 2.36. The minimum absolute atomic E-state index is 0.0955. The van der Waals surface area contributed by atoms with Crippen molar-refractivity contribution in [3.05, 3.63) is 375 Å². The molecule has 0 saturated carbocycles. The van der Waals surface area contributed by atoms with Crippen molar-refractivity contribution >= 4 is 77.7 Å². The van der Waals surface area contributed by atoms with Gasteiger partial charge in [0.2, 0.25) is 0 Å². The first kappa shape index (κ1) is 58.2. The molecule has 1 aliphatic carbocycles. The van der Waals surface area contributed by atoms with Crippen molar-refractivity contribution in [1.82, 2.24) is 19.1 Å². The van der Waals surface area contributed by atoms with Gasteiger partial charge in [-0.3, -0.25) is 9.13 Å². The predicted molar refractivity (Wildman–Crippen MR) is 406 cm³/mol. The predicted octanol–water partition coefficient (Wildman–Crippen LogP) is 24.3. The summed E-state index contributed by atoms with van der Waals surface area (Å²) in [7, 11) is 0. The zero-order valence-corrected chi connectivity index (χ0v) is 53.8. The number of fused-ring (bicyclic) bond motifs is 9. The highest BCUT2D eigenvalue weighted by atomic mass is 15.2. The number of hydrogen-bond donors (Lipinski definition) is 0. The van der Waals surface area contributed by atoms with Crippen molar-refractivity contribution in [3.63, 3.8) is 0 Å². The lowest BCUT2D eigenvalue weighted by atomic mass is 9.82. The topological polar surface area (TPSA) is 42.1 Å². The molecule has 0 atom stereocenters. The van der Waals surface area contributed by atoms with Crippen LogP contribution >= 0.6 is 0 Å². The van der Waals surface area contributed by atoms with Gasteiger partial charge in [-0.05, 0) is 160 Å². The molecule has 4 heterocycles. The SMILES string of the molecule is CC1(C)c2ccccc2-c2ccc(N(c3ccccc3)c3cccc4c3c3ccccc3n4-c3cccc(-c4ccccc4)n3)cc21.c1ccc(-c2cc(-c3ccccc3)cc(N(c3ccccc3)c3cccc4c3c3ccccc3n4-c3cccc(-c4ccccc4)n3)c2)cc1. The average Bonchev–Trinajstić information content (AvgIpc) is 1.60. The number of pyridine rings is 2. The summed E-state index contributed by atoms with van der Waals surface area (Å²) in [5.41, 5.74) is 25.2. The molecular formula is C91H66N6. The standard InChI is InChI=1S/C47H33N3.C44H33N3/c1-5-17-34(18-6-1)37-31-38(35-19-7-2-8-20-35)33-40(32-37)49(39-23-11-4-12-24-39)44-28-16-29-45-47(44)41-25-13-14-27-43(41)50(45)46-30-15-26-42(48-46)36-21-9-3-10-22-36;1-44(2)36-21-11-9-19-33(36)34-28-27-32(29-37(34)44)46(31-17-7-4-8-18-31)40-24-14-25-41-43(40)35-20-10-12-23-39(35)47(41)42-26-13-22-38(45-42)30-15-5-3-6-16-30/h1-33H;3-29H,1-2H3. The van der Waals surface area contributed by atoms with Gasteiger partial charge in [0.1, 0.15) is 11.6 Å². The molecule has 6 nitrogen and oxygen atoms in total. The van der Waals surface area contributed by atoms with E-state index in [9.17, 15) is 0 Å². The van der Waals surface area contributed by atoms with Crippen molar-refractivity contribution in [1.29, 1.82) is 0 Å². The Balaban J connectivity index is 0.000000147. The third-order valence-corrected chi connectivity index (χ3v) is 19.1. The Bertz CT molecular complexity index is 5670. The van der Waals surface area contributed by atoms with Crippen LogP contribution in [0.25, 0.3) is 111 Å². The normalized spacial score (nSPS) is 12.1. The van der Waals surface area contributed by atoms with Crippen molar-refractivity contribution in [2.24, 2.45) is 0 Å². The Morgan fingerprint density at radius 2 is 0.639 bits per heavy atom. The number of aromatic nitrogens is 4. The zero-order valence-electron chi connectivity index (χ0n) is 53.8. The molecule has 18 rings (SSSR count). The van der Waals surface area contributed by atoms with Gasteiger partial charge in [-0.25, -0.2) is 9.97 Å². The van der Waals surface area contributed by atoms with Crippen molar-refractivity contribution in [3.8, 4) is 67.5 Å². The lowest BCUT2D eigenvalue weighted by Crippen LogP contribution is -2.16.